The highest BCUT2D eigenvalue weighted by molar-refractivity contribution is 5.94. The highest BCUT2D eigenvalue weighted by atomic mass is 16.5. The van der Waals surface area contributed by atoms with Gasteiger partial charge in [-0.2, -0.15) is 0 Å². The molecule has 0 unspecified atom stereocenters. The van der Waals surface area contributed by atoms with Crippen molar-refractivity contribution in [3.05, 3.63) is 23.0 Å². The molecule has 0 fully saturated rings. The average Bonchev–Trinajstić information content (AvgIpc) is 3.14. The quantitative estimate of drug-likeness (QED) is 0.209. The van der Waals surface area contributed by atoms with E-state index in [1.54, 1.807) is 27.0 Å². The van der Waals surface area contributed by atoms with Crippen LogP contribution in [0.25, 0.3) is 0 Å². The summed E-state index contributed by atoms with van der Waals surface area (Å²) in [4.78, 5) is 66.1. The third-order valence-corrected chi connectivity index (χ3v) is 4.25. The van der Waals surface area contributed by atoms with Crippen molar-refractivity contribution in [2.75, 3.05) is 19.8 Å². The molecule has 1 aromatic heterocycles. The van der Waals surface area contributed by atoms with E-state index in [9.17, 15) is 28.8 Å². The number of carbonyl (C=O) groups is 6. The molecule has 0 aliphatic carbocycles. The van der Waals surface area contributed by atoms with E-state index < -0.39 is 17.9 Å². The summed E-state index contributed by atoms with van der Waals surface area (Å²) in [5, 5.41) is 16.7. The van der Waals surface area contributed by atoms with Crippen LogP contribution in [0.5, 0.6) is 0 Å². The molecule has 0 spiro atoms. The molecule has 0 amide bonds. The molecule has 0 atom stereocenters. The molecule has 12 nitrogen and oxygen atoms in total. The summed E-state index contributed by atoms with van der Waals surface area (Å²) >= 11 is 0. The van der Waals surface area contributed by atoms with E-state index in [1.807, 2.05) is 0 Å². The van der Waals surface area contributed by atoms with Crippen LogP contribution in [0.4, 0.5) is 0 Å². The largest absolute Gasteiger partial charge is 0.481 e. The zero-order valence-electron chi connectivity index (χ0n) is 21.4. The van der Waals surface area contributed by atoms with Crippen molar-refractivity contribution in [1.29, 1.82) is 0 Å². The van der Waals surface area contributed by atoms with Crippen molar-refractivity contribution >= 4 is 35.4 Å². The van der Waals surface area contributed by atoms with Gasteiger partial charge in [0, 0.05) is 31.2 Å². The van der Waals surface area contributed by atoms with Crippen molar-refractivity contribution in [2.45, 2.75) is 72.6 Å². The van der Waals surface area contributed by atoms with Gasteiger partial charge in [0.2, 0.25) is 0 Å². The van der Waals surface area contributed by atoms with E-state index in [-0.39, 0.29) is 49.8 Å². The fourth-order valence-electron chi connectivity index (χ4n) is 2.65. The van der Waals surface area contributed by atoms with Gasteiger partial charge in [-0.25, -0.2) is 4.79 Å². The van der Waals surface area contributed by atoms with Crippen LogP contribution < -0.4 is 5.73 Å². The van der Waals surface area contributed by atoms with E-state index in [0.717, 1.165) is 11.3 Å². The fourth-order valence-corrected chi connectivity index (χ4v) is 2.65. The van der Waals surface area contributed by atoms with Gasteiger partial charge in [-0.05, 0) is 52.5 Å². The maximum Gasteiger partial charge on any atom is 0.340 e. The molecule has 1 rings (SSSR count). The van der Waals surface area contributed by atoms with Gasteiger partial charge in [0.25, 0.3) is 0 Å². The molecule has 0 aliphatic rings. The zero-order valence-corrected chi connectivity index (χ0v) is 21.4. The van der Waals surface area contributed by atoms with Crippen LogP contribution in [-0.2, 0) is 39.9 Å². The lowest BCUT2D eigenvalue weighted by Gasteiger charge is -2.04. The first kappa shape index (κ1) is 34.6. The molecule has 36 heavy (non-hydrogen) atoms. The molecule has 0 saturated carbocycles. The molecule has 1 heterocycles. The fraction of sp³-hybridized carbons (Fsp3) is 0.583. The lowest BCUT2D eigenvalue weighted by molar-refractivity contribution is -0.145. The highest BCUT2D eigenvalue weighted by Gasteiger charge is 2.17. The summed E-state index contributed by atoms with van der Waals surface area (Å²) in [6, 6.07) is 0. The minimum atomic E-state index is -0.871. The van der Waals surface area contributed by atoms with Crippen molar-refractivity contribution < 1.29 is 48.5 Å². The molecular weight excluding hydrogens is 476 g/mol. The molecule has 204 valence electrons. The number of ether oxygens (including phenoxy) is 2. The number of carbonyl (C=O) groups excluding carboxylic acids is 4. The molecule has 0 aromatic carbocycles. The third kappa shape index (κ3) is 18.8. The SMILES string of the molecule is CCOC(=O)CC(C)=O.CCOC(=O)c1c(CCCC(=O)O)c[nH]c1C.NCC(=O)CCCC(=O)O. The predicted octanol–water partition coefficient (Wildman–Crippen LogP) is 2.20. The van der Waals surface area contributed by atoms with Crippen molar-refractivity contribution in [2.24, 2.45) is 5.73 Å². The first-order valence-corrected chi connectivity index (χ1v) is 11.5. The lowest BCUT2D eigenvalue weighted by Crippen LogP contribution is -2.13. The van der Waals surface area contributed by atoms with Crippen LogP contribution in [0.1, 0.15) is 80.9 Å². The Morgan fingerprint density at radius 1 is 0.917 bits per heavy atom. The number of carboxylic acids is 2. The second kappa shape index (κ2) is 20.8. The number of nitrogens with two attached hydrogens (primary N) is 1. The van der Waals surface area contributed by atoms with Gasteiger partial charge in [0.15, 0.2) is 0 Å². The van der Waals surface area contributed by atoms with Crippen LogP contribution >= 0.6 is 0 Å². The Kier molecular flexibility index (Phi) is 20.0. The van der Waals surface area contributed by atoms with Gasteiger partial charge in [-0.3, -0.25) is 24.0 Å². The zero-order chi connectivity index (χ0) is 28.1. The monoisotopic (exact) mass is 514 g/mol. The molecule has 1 aromatic rings. The highest BCUT2D eigenvalue weighted by Crippen LogP contribution is 2.17. The predicted molar refractivity (Wildman–Crippen MR) is 130 cm³/mol. The topological polar surface area (TPSA) is 203 Å². The molecule has 0 bridgehead atoms. The first-order valence-electron chi connectivity index (χ1n) is 11.5. The van der Waals surface area contributed by atoms with Gasteiger partial charge in [-0.15, -0.1) is 0 Å². The van der Waals surface area contributed by atoms with Crippen molar-refractivity contribution in [3.63, 3.8) is 0 Å². The van der Waals surface area contributed by atoms with E-state index in [1.165, 1.54) is 6.92 Å². The van der Waals surface area contributed by atoms with Gasteiger partial charge in [0.1, 0.15) is 18.0 Å². The molecule has 0 saturated heterocycles. The number of rotatable bonds is 14. The number of nitrogens with one attached hydrogen (secondary N) is 1. The van der Waals surface area contributed by atoms with Crippen LogP contribution in [0.2, 0.25) is 0 Å². The molecule has 5 N–H and O–H groups in total. The third-order valence-electron chi connectivity index (χ3n) is 4.25. The Labute approximate surface area is 210 Å². The van der Waals surface area contributed by atoms with Gasteiger partial charge in [0.05, 0.1) is 25.3 Å². The summed E-state index contributed by atoms with van der Waals surface area (Å²) in [6.45, 7) is 7.30. The number of aryl methyl sites for hydroxylation is 2. The first-order chi connectivity index (χ1) is 16.9. The van der Waals surface area contributed by atoms with Crippen molar-refractivity contribution in [3.8, 4) is 0 Å². The van der Waals surface area contributed by atoms with Crippen LogP contribution in [0.3, 0.4) is 0 Å². The Morgan fingerprint density at radius 3 is 1.94 bits per heavy atom. The lowest BCUT2D eigenvalue weighted by atomic mass is 10.1. The molecule has 0 aliphatic heterocycles. The normalized spacial score (nSPS) is 9.58. The van der Waals surface area contributed by atoms with Gasteiger partial charge < -0.3 is 30.4 Å². The number of hydrogen-bond donors (Lipinski definition) is 4. The van der Waals surface area contributed by atoms with Gasteiger partial charge in [-0.1, -0.05) is 0 Å². The number of ketones is 2. The summed E-state index contributed by atoms with van der Waals surface area (Å²) in [6.07, 6.45) is 3.54. The van der Waals surface area contributed by atoms with Crippen LogP contribution in [0.15, 0.2) is 6.20 Å². The van der Waals surface area contributed by atoms with Crippen LogP contribution in [-0.4, -0.2) is 70.4 Å². The molecule has 12 heteroatoms. The summed E-state index contributed by atoms with van der Waals surface area (Å²) in [5.41, 5.74) is 7.11. The number of Topliss-reactive ketones (excluding diaryl/α,β-unsaturated/α-hetero) is 2. The Balaban J connectivity index is 0. The minimum Gasteiger partial charge on any atom is -0.481 e. The smallest absolute Gasteiger partial charge is 0.340 e. The minimum absolute atomic E-state index is 0.0135. The number of aromatic amines is 1. The van der Waals surface area contributed by atoms with E-state index >= 15 is 0 Å². The van der Waals surface area contributed by atoms with Gasteiger partial charge >= 0.3 is 23.9 Å². The number of hydrogen-bond acceptors (Lipinski definition) is 9. The number of carboxylic acid groups (broad SMARTS) is 2. The second-order valence-electron chi connectivity index (χ2n) is 7.46. The summed E-state index contributed by atoms with van der Waals surface area (Å²) in [5.74, 6) is -2.73. The van der Waals surface area contributed by atoms with E-state index in [2.05, 4.69) is 9.72 Å². The Hall–Kier alpha value is -3.54. The standard InChI is InChI=1S/C12H17NO4.C6H11NO3.C6H10O3/c1-3-17-12(16)11-8(2)13-7-9(11)5-4-6-10(14)15;7-4-5(8)2-1-3-6(9)10;1-3-9-6(8)4-5(2)7/h7,13H,3-6H2,1-2H3,(H,14,15);1-4,7H2,(H,9,10);3-4H2,1-2H3. The average molecular weight is 515 g/mol. The number of H-pyrrole nitrogens is 1. The van der Waals surface area contributed by atoms with E-state index in [0.29, 0.717) is 38.0 Å². The molecular formula is C24H38N2O10. The van der Waals surface area contributed by atoms with Crippen LogP contribution in [0, 0.1) is 6.92 Å². The molecule has 0 radical (unpaired) electrons. The number of aliphatic carboxylic acids is 2. The Bertz CT molecular complexity index is 861. The number of esters is 2. The maximum absolute atomic E-state index is 11.7. The second-order valence-corrected chi connectivity index (χ2v) is 7.46. The number of aromatic nitrogens is 1. The van der Waals surface area contributed by atoms with Crippen molar-refractivity contribution in [1.82, 2.24) is 4.98 Å². The maximum atomic E-state index is 11.7. The summed E-state index contributed by atoms with van der Waals surface area (Å²) < 4.78 is 9.45. The van der Waals surface area contributed by atoms with E-state index in [4.69, 9.17) is 20.7 Å². The Morgan fingerprint density at radius 2 is 1.47 bits per heavy atom. The summed E-state index contributed by atoms with van der Waals surface area (Å²) in [7, 11) is 0.